The number of aromatic carboxylic acids is 1. The fourth-order valence-electron chi connectivity index (χ4n) is 1.66. The van der Waals surface area contributed by atoms with Gasteiger partial charge in [0.1, 0.15) is 5.82 Å². The first kappa shape index (κ1) is 11.0. The fraction of sp³-hybridized carbons (Fsp3) is 0.0833. The van der Waals surface area contributed by atoms with E-state index in [4.69, 9.17) is 5.11 Å². The fourth-order valence-corrected chi connectivity index (χ4v) is 1.91. The van der Waals surface area contributed by atoms with Gasteiger partial charge in [-0.2, -0.15) is 0 Å². The smallest absolute Gasteiger partial charge is 0.336 e. The van der Waals surface area contributed by atoms with Crippen molar-refractivity contribution < 1.29 is 14.3 Å². The molecular weight excluding hydrogens is 227 g/mol. The van der Waals surface area contributed by atoms with Gasteiger partial charge in [0.15, 0.2) is 0 Å². The lowest BCUT2D eigenvalue weighted by Gasteiger charge is -2.07. The molecule has 1 aromatic carbocycles. The summed E-state index contributed by atoms with van der Waals surface area (Å²) < 4.78 is 13.1. The lowest BCUT2D eigenvalue weighted by Crippen LogP contribution is -2.02. The molecule has 0 heterocycles. The van der Waals surface area contributed by atoms with Crippen LogP contribution in [-0.2, 0) is 0 Å². The summed E-state index contributed by atoms with van der Waals surface area (Å²) in [6, 6.07) is 3.68. The molecule has 0 spiro atoms. The predicted molar refractivity (Wildman–Crippen MR) is 63.0 cm³/mol. The molecule has 1 N–H and O–H groups in total. The summed E-state index contributed by atoms with van der Waals surface area (Å²) >= 11 is 4.18. The lowest BCUT2D eigenvalue weighted by molar-refractivity contribution is 0.0696. The summed E-state index contributed by atoms with van der Waals surface area (Å²) in [7, 11) is 0. The molecule has 4 heteroatoms. The standard InChI is InChI=1S/C12H9FO2S/c13-8-2-4-10(12(14)15)11(6-8)7-1-3-9(16)5-7/h1-4,6,16H,5H2,(H,14,15). The van der Waals surface area contributed by atoms with Crippen LogP contribution in [0.4, 0.5) is 4.39 Å². The monoisotopic (exact) mass is 236 g/mol. The van der Waals surface area contributed by atoms with E-state index in [0.717, 1.165) is 16.5 Å². The molecule has 0 bridgehead atoms. The zero-order valence-electron chi connectivity index (χ0n) is 8.27. The molecule has 0 aliphatic heterocycles. The highest BCUT2D eigenvalue weighted by atomic mass is 32.1. The molecular formula is C12H9FO2S. The largest absolute Gasteiger partial charge is 0.478 e. The Hall–Kier alpha value is -1.55. The minimum atomic E-state index is -1.05. The van der Waals surface area contributed by atoms with Crippen LogP contribution in [0.15, 0.2) is 35.3 Å². The van der Waals surface area contributed by atoms with Crippen LogP contribution in [0, 0.1) is 5.82 Å². The number of allylic oxidation sites excluding steroid dienone is 4. The molecule has 1 aliphatic carbocycles. The van der Waals surface area contributed by atoms with Crippen molar-refractivity contribution in [2.45, 2.75) is 6.42 Å². The van der Waals surface area contributed by atoms with Gasteiger partial charge in [0.05, 0.1) is 5.56 Å². The highest BCUT2D eigenvalue weighted by Crippen LogP contribution is 2.32. The van der Waals surface area contributed by atoms with E-state index in [2.05, 4.69) is 12.6 Å². The van der Waals surface area contributed by atoms with Crippen molar-refractivity contribution in [3.05, 3.63) is 52.2 Å². The van der Waals surface area contributed by atoms with E-state index in [1.54, 1.807) is 12.2 Å². The normalized spacial score (nSPS) is 14.6. The van der Waals surface area contributed by atoms with E-state index in [9.17, 15) is 9.18 Å². The summed E-state index contributed by atoms with van der Waals surface area (Å²) in [6.45, 7) is 0. The van der Waals surface area contributed by atoms with Gasteiger partial charge < -0.3 is 5.11 Å². The van der Waals surface area contributed by atoms with Crippen LogP contribution in [0.3, 0.4) is 0 Å². The maximum Gasteiger partial charge on any atom is 0.336 e. The van der Waals surface area contributed by atoms with E-state index >= 15 is 0 Å². The van der Waals surface area contributed by atoms with Crippen molar-refractivity contribution in [3.63, 3.8) is 0 Å². The van der Waals surface area contributed by atoms with Gasteiger partial charge in [-0.05, 0) is 34.2 Å². The molecule has 0 saturated carbocycles. The van der Waals surface area contributed by atoms with Crippen LogP contribution in [0.2, 0.25) is 0 Å². The zero-order chi connectivity index (χ0) is 11.7. The van der Waals surface area contributed by atoms with Crippen LogP contribution in [0.1, 0.15) is 22.3 Å². The molecule has 2 rings (SSSR count). The van der Waals surface area contributed by atoms with Gasteiger partial charge in [-0.15, -0.1) is 12.6 Å². The Morgan fingerprint density at radius 1 is 1.38 bits per heavy atom. The summed E-state index contributed by atoms with van der Waals surface area (Å²) in [6.07, 6.45) is 4.10. The summed E-state index contributed by atoms with van der Waals surface area (Å²) in [4.78, 5) is 11.8. The van der Waals surface area contributed by atoms with Crippen LogP contribution < -0.4 is 0 Å². The van der Waals surface area contributed by atoms with Crippen LogP contribution in [0.25, 0.3) is 5.57 Å². The number of hydrogen-bond acceptors (Lipinski definition) is 2. The molecule has 0 atom stereocenters. The molecule has 16 heavy (non-hydrogen) atoms. The molecule has 1 aromatic rings. The third-order valence-corrected chi connectivity index (χ3v) is 2.71. The van der Waals surface area contributed by atoms with Crippen molar-refractivity contribution in [2.75, 3.05) is 0 Å². The van der Waals surface area contributed by atoms with Gasteiger partial charge in [0.25, 0.3) is 0 Å². The highest BCUT2D eigenvalue weighted by Gasteiger charge is 2.16. The number of carbonyl (C=O) groups is 1. The molecule has 82 valence electrons. The van der Waals surface area contributed by atoms with Gasteiger partial charge in [0.2, 0.25) is 0 Å². The van der Waals surface area contributed by atoms with Crippen molar-refractivity contribution >= 4 is 24.2 Å². The number of rotatable bonds is 2. The van der Waals surface area contributed by atoms with Gasteiger partial charge in [-0.1, -0.05) is 12.2 Å². The topological polar surface area (TPSA) is 37.3 Å². The molecule has 0 fully saturated rings. The molecule has 1 aliphatic rings. The second-order valence-electron chi connectivity index (χ2n) is 3.52. The van der Waals surface area contributed by atoms with E-state index in [1.165, 1.54) is 12.1 Å². The summed E-state index contributed by atoms with van der Waals surface area (Å²) in [5.41, 5.74) is 1.32. The van der Waals surface area contributed by atoms with Crippen LogP contribution in [-0.4, -0.2) is 11.1 Å². The van der Waals surface area contributed by atoms with E-state index in [1.807, 2.05) is 0 Å². The minimum Gasteiger partial charge on any atom is -0.478 e. The first-order valence-corrected chi connectivity index (χ1v) is 5.14. The Balaban J connectivity index is 2.47. The second kappa shape index (κ2) is 4.14. The third kappa shape index (κ3) is 2.02. The quantitative estimate of drug-likeness (QED) is 0.774. The molecule has 0 radical (unpaired) electrons. The lowest BCUT2D eigenvalue weighted by atomic mass is 9.99. The van der Waals surface area contributed by atoms with Crippen molar-refractivity contribution in [3.8, 4) is 0 Å². The number of halogens is 1. The zero-order valence-corrected chi connectivity index (χ0v) is 9.17. The SMILES string of the molecule is O=C(O)c1ccc(F)cc1C1=CC=C(S)C1. The van der Waals surface area contributed by atoms with Gasteiger partial charge in [-0.3, -0.25) is 0 Å². The Labute approximate surface area is 97.5 Å². The summed E-state index contributed by atoms with van der Waals surface area (Å²) in [5, 5.41) is 9.00. The van der Waals surface area contributed by atoms with Crippen LogP contribution >= 0.6 is 12.6 Å². The molecule has 0 aromatic heterocycles. The van der Waals surface area contributed by atoms with E-state index < -0.39 is 11.8 Å². The molecule has 0 unspecified atom stereocenters. The number of benzene rings is 1. The Bertz CT molecular complexity index is 518. The van der Waals surface area contributed by atoms with Crippen LogP contribution in [0.5, 0.6) is 0 Å². The Kier molecular flexibility index (Phi) is 2.83. The number of carboxylic acids is 1. The van der Waals surface area contributed by atoms with Crippen molar-refractivity contribution in [1.82, 2.24) is 0 Å². The van der Waals surface area contributed by atoms with Gasteiger partial charge in [0, 0.05) is 6.42 Å². The average molecular weight is 236 g/mol. The minimum absolute atomic E-state index is 0.115. The highest BCUT2D eigenvalue weighted by molar-refractivity contribution is 7.84. The maximum atomic E-state index is 13.1. The predicted octanol–water partition coefficient (Wildman–Crippen LogP) is 3.12. The number of hydrogen-bond donors (Lipinski definition) is 2. The third-order valence-electron chi connectivity index (χ3n) is 2.41. The molecule has 0 saturated heterocycles. The first-order chi connectivity index (χ1) is 7.58. The Morgan fingerprint density at radius 2 is 2.12 bits per heavy atom. The van der Waals surface area contributed by atoms with Gasteiger partial charge >= 0.3 is 5.97 Å². The van der Waals surface area contributed by atoms with Crippen molar-refractivity contribution in [1.29, 1.82) is 0 Å². The second-order valence-corrected chi connectivity index (χ2v) is 4.10. The number of carboxylic acid groups (broad SMARTS) is 1. The van der Waals surface area contributed by atoms with Gasteiger partial charge in [-0.25, -0.2) is 9.18 Å². The van der Waals surface area contributed by atoms with Crippen molar-refractivity contribution in [2.24, 2.45) is 0 Å². The first-order valence-electron chi connectivity index (χ1n) is 4.70. The van der Waals surface area contributed by atoms with E-state index in [0.29, 0.717) is 12.0 Å². The molecule has 0 amide bonds. The van der Waals surface area contributed by atoms with E-state index in [-0.39, 0.29) is 5.56 Å². The molecule has 2 nitrogen and oxygen atoms in total. The average Bonchev–Trinajstić information content (AvgIpc) is 2.64. The summed E-state index contributed by atoms with van der Waals surface area (Å²) in [5.74, 6) is -1.49. The number of thiol groups is 1. The Morgan fingerprint density at radius 3 is 2.69 bits per heavy atom. The maximum absolute atomic E-state index is 13.1.